The molecule has 1 amide bonds. The van der Waals surface area contributed by atoms with Crippen LogP contribution in [0.4, 0.5) is 0 Å². The molecular formula is C19H26N4O3S. The molecule has 0 atom stereocenters. The fourth-order valence-corrected chi connectivity index (χ4v) is 3.76. The van der Waals surface area contributed by atoms with Crippen LogP contribution in [0.1, 0.15) is 13.8 Å². The average molecular weight is 391 g/mol. The summed E-state index contributed by atoms with van der Waals surface area (Å²) in [7, 11) is 1.65. The Balaban J connectivity index is 1.76. The Morgan fingerprint density at radius 1 is 1.22 bits per heavy atom. The van der Waals surface area contributed by atoms with E-state index >= 15 is 0 Å². The summed E-state index contributed by atoms with van der Waals surface area (Å²) in [4.78, 5) is 14.3. The molecule has 146 valence electrons. The summed E-state index contributed by atoms with van der Waals surface area (Å²) in [6, 6.07) is 7.79. The van der Waals surface area contributed by atoms with Crippen molar-refractivity contribution >= 4 is 17.7 Å². The Labute approximate surface area is 164 Å². The quantitative estimate of drug-likeness (QED) is 0.677. The number of morpholine rings is 1. The molecule has 1 aromatic carbocycles. The van der Waals surface area contributed by atoms with Crippen LogP contribution >= 0.6 is 11.8 Å². The van der Waals surface area contributed by atoms with Crippen molar-refractivity contribution < 1.29 is 14.3 Å². The first-order valence-corrected chi connectivity index (χ1v) is 10.1. The molecule has 1 saturated heterocycles. The van der Waals surface area contributed by atoms with Gasteiger partial charge in [-0.15, -0.1) is 10.2 Å². The van der Waals surface area contributed by atoms with E-state index in [1.54, 1.807) is 7.11 Å². The van der Waals surface area contributed by atoms with Gasteiger partial charge in [0.05, 0.1) is 26.1 Å². The number of thioether (sulfide) groups is 1. The second kappa shape index (κ2) is 9.23. The summed E-state index contributed by atoms with van der Waals surface area (Å²) >= 11 is 1.45. The maximum atomic E-state index is 12.4. The topological polar surface area (TPSA) is 69.5 Å². The lowest BCUT2D eigenvalue weighted by molar-refractivity contribution is -0.132. The largest absolute Gasteiger partial charge is 0.497 e. The van der Waals surface area contributed by atoms with Gasteiger partial charge in [-0.2, -0.15) is 0 Å². The molecule has 3 rings (SSSR count). The van der Waals surface area contributed by atoms with Gasteiger partial charge in [0.15, 0.2) is 11.0 Å². The molecule has 1 fully saturated rings. The molecule has 7 nitrogen and oxygen atoms in total. The van der Waals surface area contributed by atoms with Crippen LogP contribution in [0.2, 0.25) is 0 Å². The molecule has 0 saturated carbocycles. The van der Waals surface area contributed by atoms with Gasteiger partial charge in [-0.1, -0.05) is 25.6 Å². The van der Waals surface area contributed by atoms with E-state index in [-0.39, 0.29) is 5.91 Å². The number of nitrogens with zero attached hydrogens (tertiary/aromatic N) is 4. The lowest BCUT2D eigenvalue weighted by Gasteiger charge is -2.26. The highest BCUT2D eigenvalue weighted by molar-refractivity contribution is 7.99. The number of aromatic nitrogens is 3. The van der Waals surface area contributed by atoms with Crippen LogP contribution < -0.4 is 4.74 Å². The van der Waals surface area contributed by atoms with E-state index in [0.29, 0.717) is 38.0 Å². The normalized spacial score (nSPS) is 14.6. The van der Waals surface area contributed by atoms with Crippen molar-refractivity contribution in [2.75, 3.05) is 39.2 Å². The predicted molar refractivity (Wildman–Crippen MR) is 105 cm³/mol. The molecule has 27 heavy (non-hydrogen) atoms. The number of rotatable bonds is 7. The van der Waals surface area contributed by atoms with E-state index in [2.05, 4.69) is 28.6 Å². The molecule has 8 heteroatoms. The fourth-order valence-electron chi connectivity index (χ4n) is 2.91. The number of ether oxygens (including phenoxy) is 2. The number of carbonyl (C=O) groups is 1. The van der Waals surface area contributed by atoms with E-state index in [4.69, 9.17) is 9.47 Å². The third-order valence-corrected chi connectivity index (χ3v) is 5.25. The van der Waals surface area contributed by atoms with Gasteiger partial charge < -0.3 is 18.9 Å². The van der Waals surface area contributed by atoms with Crippen molar-refractivity contribution in [2.24, 2.45) is 5.92 Å². The summed E-state index contributed by atoms with van der Waals surface area (Å²) in [5.41, 5.74) is 0.982. The lowest BCUT2D eigenvalue weighted by Crippen LogP contribution is -2.41. The minimum atomic E-state index is 0.119. The van der Waals surface area contributed by atoms with Gasteiger partial charge in [-0.05, 0) is 30.2 Å². The first-order valence-electron chi connectivity index (χ1n) is 9.14. The molecule has 2 aromatic rings. The van der Waals surface area contributed by atoms with Crippen LogP contribution in [0.3, 0.4) is 0 Å². The van der Waals surface area contributed by atoms with Gasteiger partial charge in [0.1, 0.15) is 5.75 Å². The molecule has 1 aliphatic rings. The van der Waals surface area contributed by atoms with Gasteiger partial charge in [0.2, 0.25) is 5.91 Å². The van der Waals surface area contributed by atoms with Crippen molar-refractivity contribution in [3.05, 3.63) is 24.3 Å². The summed E-state index contributed by atoms with van der Waals surface area (Å²) in [5, 5.41) is 9.52. The van der Waals surface area contributed by atoms with E-state index in [1.807, 2.05) is 29.2 Å². The highest BCUT2D eigenvalue weighted by Crippen LogP contribution is 2.26. The Morgan fingerprint density at radius 3 is 2.56 bits per heavy atom. The molecule has 0 radical (unpaired) electrons. The van der Waals surface area contributed by atoms with Gasteiger partial charge in [0, 0.05) is 25.2 Å². The number of hydrogen-bond acceptors (Lipinski definition) is 6. The first kappa shape index (κ1) is 19.7. The predicted octanol–water partition coefficient (Wildman–Crippen LogP) is 2.56. The Morgan fingerprint density at radius 2 is 1.93 bits per heavy atom. The number of benzene rings is 1. The number of amides is 1. The zero-order valence-corrected chi connectivity index (χ0v) is 16.9. The summed E-state index contributed by atoms with van der Waals surface area (Å²) < 4.78 is 12.6. The molecular weight excluding hydrogens is 364 g/mol. The van der Waals surface area contributed by atoms with Crippen LogP contribution in [0.5, 0.6) is 5.75 Å². The second-order valence-corrected chi connectivity index (χ2v) is 7.76. The molecule has 0 N–H and O–H groups in total. The first-order chi connectivity index (χ1) is 13.1. The van der Waals surface area contributed by atoms with Crippen LogP contribution in [-0.4, -0.2) is 64.7 Å². The average Bonchev–Trinajstić information content (AvgIpc) is 3.08. The molecule has 2 heterocycles. The van der Waals surface area contributed by atoms with Crippen LogP contribution in [-0.2, 0) is 16.1 Å². The Kier molecular flexibility index (Phi) is 6.73. The third kappa shape index (κ3) is 5.01. The lowest BCUT2D eigenvalue weighted by atomic mass is 10.2. The molecule has 0 aliphatic carbocycles. The van der Waals surface area contributed by atoms with Crippen molar-refractivity contribution in [3.8, 4) is 17.1 Å². The molecule has 1 aliphatic heterocycles. The number of methoxy groups -OCH3 is 1. The summed E-state index contributed by atoms with van der Waals surface area (Å²) in [6.45, 7) is 7.66. The monoisotopic (exact) mass is 390 g/mol. The molecule has 0 unspecified atom stereocenters. The van der Waals surface area contributed by atoms with Gasteiger partial charge in [0.25, 0.3) is 0 Å². The summed E-state index contributed by atoms with van der Waals surface area (Å²) in [5.74, 6) is 2.53. The SMILES string of the molecule is COc1ccc(-c2nnc(SCC(=O)N3CCOCC3)n2CC(C)C)cc1. The highest BCUT2D eigenvalue weighted by Gasteiger charge is 2.20. The van der Waals surface area contributed by atoms with Crippen LogP contribution in [0, 0.1) is 5.92 Å². The third-order valence-electron chi connectivity index (χ3n) is 4.30. The van der Waals surface area contributed by atoms with Gasteiger partial charge >= 0.3 is 0 Å². The van der Waals surface area contributed by atoms with E-state index in [9.17, 15) is 4.79 Å². The minimum Gasteiger partial charge on any atom is -0.497 e. The standard InChI is InChI=1S/C19H26N4O3S/c1-14(2)12-23-18(15-4-6-16(25-3)7-5-15)20-21-19(23)27-13-17(24)22-8-10-26-11-9-22/h4-7,14H,8-13H2,1-3H3. The zero-order chi connectivity index (χ0) is 19.2. The van der Waals surface area contributed by atoms with Crippen LogP contribution in [0.25, 0.3) is 11.4 Å². The smallest absolute Gasteiger partial charge is 0.233 e. The maximum absolute atomic E-state index is 12.4. The zero-order valence-electron chi connectivity index (χ0n) is 16.1. The van der Waals surface area contributed by atoms with Crippen molar-refractivity contribution in [2.45, 2.75) is 25.5 Å². The van der Waals surface area contributed by atoms with Crippen molar-refractivity contribution in [1.29, 1.82) is 0 Å². The minimum absolute atomic E-state index is 0.119. The van der Waals surface area contributed by atoms with Crippen molar-refractivity contribution in [3.63, 3.8) is 0 Å². The van der Waals surface area contributed by atoms with E-state index in [0.717, 1.165) is 28.8 Å². The molecule has 0 spiro atoms. The summed E-state index contributed by atoms with van der Waals surface area (Å²) in [6.07, 6.45) is 0. The highest BCUT2D eigenvalue weighted by atomic mass is 32.2. The van der Waals surface area contributed by atoms with Crippen molar-refractivity contribution in [1.82, 2.24) is 19.7 Å². The molecule has 1 aromatic heterocycles. The Hall–Kier alpha value is -2.06. The Bertz CT molecular complexity index is 755. The van der Waals surface area contributed by atoms with Gasteiger partial charge in [-0.3, -0.25) is 4.79 Å². The van der Waals surface area contributed by atoms with Crippen LogP contribution in [0.15, 0.2) is 29.4 Å². The second-order valence-electron chi connectivity index (χ2n) is 6.82. The fraction of sp³-hybridized carbons (Fsp3) is 0.526. The maximum Gasteiger partial charge on any atom is 0.233 e. The molecule has 0 bridgehead atoms. The number of hydrogen-bond donors (Lipinski definition) is 0. The number of carbonyl (C=O) groups excluding carboxylic acids is 1. The van der Waals surface area contributed by atoms with E-state index in [1.165, 1.54) is 11.8 Å². The van der Waals surface area contributed by atoms with Gasteiger partial charge in [-0.25, -0.2) is 0 Å². The van der Waals surface area contributed by atoms with E-state index < -0.39 is 0 Å².